The van der Waals surface area contributed by atoms with Gasteiger partial charge in [0.1, 0.15) is 59.9 Å². The molecule has 0 unspecified atom stereocenters. The molecule has 0 radical (unpaired) electrons. The molecule has 3 N–H and O–H groups in total. The van der Waals surface area contributed by atoms with Gasteiger partial charge in [-0.3, -0.25) is 57.5 Å². The van der Waals surface area contributed by atoms with E-state index in [0.717, 1.165) is 55.6 Å². The number of rotatable bonds is 11. The van der Waals surface area contributed by atoms with Crippen LogP contribution in [0.15, 0.2) is 18.2 Å². The lowest BCUT2D eigenvalue weighted by Crippen LogP contribution is -2.65. The van der Waals surface area contributed by atoms with E-state index in [1.807, 2.05) is 20.8 Å². The molecule has 1 aromatic rings. The smallest absolute Gasteiger partial charge is 0.343 e. The Labute approximate surface area is 586 Å². The molecule has 7 rings (SSSR count). The maximum Gasteiger partial charge on any atom is 0.417 e. The zero-order valence-corrected chi connectivity index (χ0v) is 60.9. The van der Waals surface area contributed by atoms with Crippen molar-refractivity contribution in [1.29, 1.82) is 0 Å². The molecule has 4 saturated heterocycles. The first-order chi connectivity index (χ1) is 46.7. The molecule has 4 aliphatic heterocycles. The van der Waals surface area contributed by atoms with E-state index in [-0.39, 0.29) is 82.7 Å². The summed E-state index contributed by atoms with van der Waals surface area (Å²) < 4.78 is 41.6. The quantitative estimate of drug-likeness (QED) is 0.238. The molecule has 1 aromatic carbocycles. The summed E-state index contributed by atoms with van der Waals surface area (Å²) in [5.41, 5.74) is -2.34. The second kappa shape index (κ2) is 34.5. The van der Waals surface area contributed by atoms with Crippen molar-refractivity contribution in [2.24, 2.45) is 17.8 Å². The van der Waals surface area contributed by atoms with Gasteiger partial charge in [0.15, 0.2) is 0 Å². The Morgan fingerprint density at radius 3 is 1.86 bits per heavy atom. The predicted molar refractivity (Wildman–Crippen MR) is 364 cm³/mol. The normalized spacial score (nSPS) is 27.9. The number of aryl methyl sites for hydroxylation is 1. The maximum atomic E-state index is 15.3. The van der Waals surface area contributed by atoms with Crippen LogP contribution in [0.3, 0.4) is 0 Å². The average molecular weight is 1410 g/mol. The van der Waals surface area contributed by atoms with Gasteiger partial charge < -0.3 is 60.0 Å². The summed E-state index contributed by atoms with van der Waals surface area (Å²) in [7, 11) is 8.59. The number of nitrogens with zero attached hydrogens (tertiary/aromatic N) is 9. The number of carbonyl (C=O) groups excluding carboxylic acids is 12. The van der Waals surface area contributed by atoms with E-state index < -0.39 is 166 Å². The first-order valence-corrected chi connectivity index (χ1v) is 36.3. The van der Waals surface area contributed by atoms with E-state index in [9.17, 15) is 56.3 Å². The number of amides is 12. The number of fused-ring (bicyclic) bond motifs is 2. The van der Waals surface area contributed by atoms with E-state index in [4.69, 9.17) is 11.6 Å². The Balaban J connectivity index is 1.27. The van der Waals surface area contributed by atoms with Gasteiger partial charge in [-0.05, 0) is 126 Å². The lowest BCUT2D eigenvalue weighted by molar-refractivity contribution is -0.160. The summed E-state index contributed by atoms with van der Waals surface area (Å²) in [5, 5.41) is 8.14. The molecule has 12 amide bonds. The Hall–Kier alpha value is -7.06. The monoisotopic (exact) mass is 1410 g/mol. The van der Waals surface area contributed by atoms with Gasteiger partial charge >= 0.3 is 6.18 Å². The highest BCUT2D eigenvalue weighted by Crippen LogP contribution is 2.37. The SMILES string of the molecule is CC[C@H](C)[C@@H]1NC(=O)[C@H](CC(C)C)N(C)C(=O)C[C@@H](C(=O)N2CCCCC2)N(C)C(=O)[C@H](CC)N(C)C(=O)C2(CCCC2)NC(=O)[C@@H]2CCCN2C(=O)[C@H](CCc2ccc(C(F)(F)F)c(Cl)c2)NC(=O)CN(C)C(=O)[C@H](CC2CCCCC2)N(C)C(=O)[C@@H]2CCN2C(=O)[C@H](C)N(C)C1=O. The minimum Gasteiger partial charge on any atom is -0.343 e. The van der Waals surface area contributed by atoms with Crippen molar-refractivity contribution in [3.8, 4) is 0 Å². The van der Waals surface area contributed by atoms with Gasteiger partial charge in [-0.1, -0.05) is 104 Å². The van der Waals surface area contributed by atoms with E-state index in [2.05, 4.69) is 16.0 Å². The summed E-state index contributed by atoms with van der Waals surface area (Å²) in [6.07, 6.45) is 3.86. The first kappa shape index (κ1) is 79.3. The van der Waals surface area contributed by atoms with Crippen LogP contribution in [0.2, 0.25) is 5.02 Å². The zero-order valence-electron chi connectivity index (χ0n) is 60.2. The fourth-order valence-corrected chi connectivity index (χ4v) is 15.6. The molecule has 0 aromatic heterocycles. The molecule has 552 valence electrons. The van der Waals surface area contributed by atoms with Crippen molar-refractivity contribution in [2.45, 2.75) is 249 Å². The number of benzene rings is 1. The highest BCUT2D eigenvalue weighted by atomic mass is 35.5. The number of likely N-dealkylation sites (N-methyl/N-ethyl adjacent to an activating group) is 6. The lowest BCUT2D eigenvalue weighted by Gasteiger charge is -2.45. The fourth-order valence-electron chi connectivity index (χ4n) is 15.3. The standard InChI is InChI=1S/C71H108ClF3N12O12/c1-13-44(5)59-68(98)80(8)45(6)62(92)87-37-31-53(87)66(96)82(10)55(40-46-24-17-15-18-25-46)64(94)79(7)42-57(88)76-50(30-28-47-27-29-48(49(72)39-47)71(73,74)75)63(93)86-36-23-26-52(86)61(91)78-70(32-19-20-33-70)69(99)84(12)51(14-2)65(95)83(11)56(67(97)85-34-21-16-22-35-85)41-58(89)81(9)54(38-43(3)4)60(90)77-59/h27,29,39,43-46,50-56,59H,13-26,28,30-38,40-42H2,1-12H3,(H,76,88)(H,77,90)(H,78,91)/t44-,45-,50-,51-,52-,53-,54-,55-,56-,59-/m0/s1. The number of alkyl halides is 3. The van der Waals surface area contributed by atoms with Crippen molar-refractivity contribution in [1.82, 2.24) is 60.0 Å². The van der Waals surface area contributed by atoms with Crippen molar-refractivity contribution in [3.63, 3.8) is 0 Å². The van der Waals surface area contributed by atoms with Crippen LogP contribution in [-0.4, -0.2) is 250 Å². The average Bonchev–Trinajstić information content (AvgIpc) is 1.71. The number of hydrogen-bond acceptors (Lipinski definition) is 12. The van der Waals surface area contributed by atoms with E-state index >= 15 is 14.4 Å². The second-order valence-electron chi connectivity index (χ2n) is 29.2. The van der Waals surface area contributed by atoms with Crippen LogP contribution >= 0.6 is 11.6 Å². The van der Waals surface area contributed by atoms with Gasteiger partial charge in [0, 0.05) is 68.5 Å². The summed E-state index contributed by atoms with van der Waals surface area (Å²) in [5.74, 6) is -8.26. The lowest BCUT2D eigenvalue weighted by atomic mass is 9.84. The van der Waals surface area contributed by atoms with Gasteiger partial charge in [-0.15, -0.1) is 0 Å². The van der Waals surface area contributed by atoms with Gasteiger partial charge in [-0.25, -0.2) is 0 Å². The zero-order chi connectivity index (χ0) is 73.1. The van der Waals surface area contributed by atoms with Crippen LogP contribution in [0.4, 0.5) is 13.2 Å². The number of likely N-dealkylation sites (tertiary alicyclic amines) is 1. The van der Waals surface area contributed by atoms with Crippen molar-refractivity contribution in [2.75, 3.05) is 75.0 Å². The van der Waals surface area contributed by atoms with Crippen molar-refractivity contribution >= 4 is 82.5 Å². The molecule has 2 saturated carbocycles. The molecule has 99 heavy (non-hydrogen) atoms. The number of piperidine rings is 1. The molecule has 6 aliphatic rings. The van der Waals surface area contributed by atoms with E-state index in [1.54, 1.807) is 18.7 Å². The summed E-state index contributed by atoms with van der Waals surface area (Å²) in [6.45, 7) is 10.9. The number of carbonyl (C=O) groups is 12. The van der Waals surface area contributed by atoms with E-state index in [0.29, 0.717) is 57.2 Å². The van der Waals surface area contributed by atoms with Crippen LogP contribution in [0, 0.1) is 17.8 Å². The largest absolute Gasteiger partial charge is 0.417 e. The fraction of sp³-hybridized carbons (Fsp3) is 0.746. The molecule has 10 atom stereocenters. The van der Waals surface area contributed by atoms with Gasteiger partial charge in [-0.2, -0.15) is 13.2 Å². The van der Waals surface area contributed by atoms with Crippen LogP contribution in [-0.2, 0) is 70.1 Å². The molecule has 4 heterocycles. The molecule has 2 aliphatic carbocycles. The molecule has 28 heteroatoms. The summed E-state index contributed by atoms with van der Waals surface area (Å²) in [4.78, 5) is 191. The first-order valence-electron chi connectivity index (χ1n) is 35.9. The Kier molecular flexibility index (Phi) is 27.7. The van der Waals surface area contributed by atoms with Gasteiger partial charge in [0.05, 0.1) is 23.6 Å². The summed E-state index contributed by atoms with van der Waals surface area (Å²) in [6, 6.07) is -7.78. The third kappa shape index (κ3) is 18.7. The van der Waals surface area contributed by atoms with Gasteiger partial charge in [0.25, 0.3) is 0 Å². The van der Waals surface area contributed by atoms with Gasteiger partial charge in [0.2, 0.25) is 70.9 Å². The second-order valence-corrected chi connectivity index (χ2v) is 29.6. The van der Waals surface area contributed by atoms with Crippen LogP contribution in [0.25, 0.3) is 0 Å². The van der Waals surface area contributed by atoms with Crippen molar-refractivity contribution in [3.05, 3.63) is 34.3 Å². The topological polar surface area (TPSA) is 270 Å². The Bertz CT molecular complexity index is 3120. The highest BCUT2D eigenvalue weighted by molar-refractivity contribution is 6.31. The Morgan fingerprint density at radius 1 is 0.636 bits per heavy atom. The molecule has 0 bridgehead atoms. The van der Waals surface area contributed by atoms with Crippen LogP contribution < -0.4 is 16.0 Å². The molecule has 6 fully saturated rings. The molecule has 24 nitrogen and oxygen atoms in total. The minimum atomic E-state index is -4.76. The predicted octanol–water partition coefficient (Wildman–Crippen LogP) is 5.78. The minimum absolute atomic E-state index is 0.0241. The molecule has 1 spiro atoms. The third-order valence-electron chi connectivity index (χ3n) is 22.0. The summed E-state index contributed by atoms with van der Waals surface area (Å²) >= 11 is 6.15. The number of nitrogens with one attached hydrogen (secondary N) is 3. The number of hydrogen-bond donors (Lipinski definition) is 3. The van der Waals surface area contributed by atoms with Crippen LogP contribution in [0.5, 0.6) is 0 Å². The van der Waals surface area contributed by atoms with Crippen LogP contribution in [0.1, 0.15) is 188 Å². The molecular formula is C71H108ClF3N12O12. The number of halogens is 4. The molecular weight excluding hydrogens is 1310 g/mol. The van der Waals surface area contributed by atoms with E-state index in [1.165, 1.54) is 89.6 Å². The Morgan fingerprint density at radius 2 is 1.27 bits per heavy atom. The highest BCUT2D eigenvalue weighted by Gasteiger charge is 2.51. The maximum absolute atomic E-state index is 15.3. The van der Waals surface area contributed by atoms with Crippen molar-refractivity contribution < 1.29 is 70.7 Å². The third-order valence-corrected chi connectivity index (χ3v) is 22.3.